The minimum absolute atomic E-state index is 0.0889. The lowest BCUT2D eigenvalue weighted by molar-refractivity contribution is -0.131. The van der Waals surface area contributed by atoms with Crippen molar-refractivity contribution in [2.75, 3.05) is 12.4 Å². The summed E-state index contributed by atoms with van der Waals surface area (Å²) in [7, 11) is 1.50. The Bertz CT molecular complexity index is 1090. The number of hydrogen-bond acceptors (Lipinski definition) is 5. The monoisotopic (exact) mass is 435 g/mol. The molecule has 0 radical (unpaired) electrons. The largest absolute Gasteiger partial charge is 0.508 e. The number of aromatic hydroxyl groups is 1. The molecule has 3 N–H and O–H groups in total. The van der Waals surface area contributed by atoms with Gasteiger partial charge in [-0.05, 0) is 42.0 Å². The Labute approximate surface area is 185 Å². The number of carboxylic acid groups (broad SMARTS) is 1. The molecular weight excluding hydrogens is 410 g/mol. The number of phenols is 1. The van der Waals surface area contributed by atoms with Crippen LogP contribution >= 0.6 is 0 Å². The first-order valence-electron chi connectivity index (χ1n) is 10.1. The van der Waals surface area contributed by atoms with Gasteiger partial charge in [0.05, 0.1) is 11.8 Å². The van der Waals surface area contributed by atoms with E-state index in [1.165, 1.54) is 25.3 Å². The number of ether oxygens (including phenoxy) is 2. The fourth-order valence-electron chi connectivity index (χ4n) is 3.45. The molecule has 0 aromatic heterocycles. The van der Waals surface area contributed by atoms with Gasteiger partial charge in [0.2, 0.25) is 0 Å². The molecule has 0 heterocycles. The molecule has 0 unspecified atom stereocenters. The van der Waals surface area contributed by atoms with E-state index in [0.717, 1.165) is 16.8 Å². The van der Waals surface area contributed by atoms with E-state index in [1.54, 1.807) is 18.2 Å². The van der Waals surface area contributed by atoms with Crippen molar-refractivity contribution in [2.24, 2.45) is 0 Å². The van der Waals surface area contributed by atoms with Crippen molar-refractivity contribution in [3.8, 4) is 5.75 Å². The lowest BCUT2D eigenvalue weighted by atomic mass is 10.00. The summed E-state index contributed by atoms with van der Waals surface area (Å²) in [5, 5.41) is 23.1. The average Bonchev–Trinajstić information content (AvgIpc) is 2.79. The van der Waals surface area contributed by atoms with Crippen LogP contribution in [0.3, 0.4) is 0 Å². The summed E-state index contributed by atoms with van der Waals surface area (Å²) in [4.78, 5) is 23.5. The second-order valence-electron chi connectivity index (χ2n) is 7.16. The van der Waals surface area contributed by atoms with E-state index in [9.17, 15) is 14.7 Å². The van der Waals surface area contributed by atoms with Crippen LogP contribution in [-0.4, -0.2) is 35.5 Å². The molecule has 7 heteroatoms. The fraction of sp³-hybridized carbons (Fsp3) is 0.200. The molecule has 1 amide bonds. The van der Waals surface area contributed by atoms with E-state index in [0.29, 0.717) is 24.1 Å². The number of methoxy groups -OCH3 is 1. The number of anilines is 1. The number of allylic oxidation sites excluding steroid dienone is 1. The SMILES string of the molecule is CO[C@H](CC/C=C/C(=O)O)[C@H](OC(=O)Nc1cccc2ccccc12)c1ccc(O)cc1. The third kappa shape index (κ3) is 6.09. The molecule has 0 fully saturated rings. The molecule has 0 saturated heterocycles. The first kappa shape index (κ1) is 22.8. The molecule has 0 aliphatic heterocycles. The first-order chi connectivity index (χ1) is 15.5. The highest BCUT2D eigenvalue weighted by molar-refractivity contribution is 6.00. The summed E-state index contributed by atoms with van der Waals surface area (Å²) < 4.78 is 11.3. The van der Waals surface area contributed by atoms with E-state index in [2.05, 4.69) is 5.32 Å². The number of rotatable bonds is 9. The molecular formula is C25H25NO6. The van der Waals surface area contributed by atoms with Crippen LogP contribution in [0.1, 0.15) is 24.5 Å². The van der Waals surface area contributed by atoms with Gasteiger partial charge < -0.3 is 19.7 Å². The molecule has 7 nitrogen and oxygen atoms in total. The molecule has 166 valence electrons. The van der Waals surface area contributed by atoms with Crippen molar-refractivity contribution in [1.82, 2.24) is 0 Å². The Hall–Kier alpha value is -3.84. The molecule has 3 rings (SSSR count). The van der Waals surface area contributed by atoms with Gasteiger partial charge in [-0.15, -0.1) is 0 Å². The number of amides is 1. The third-order valence-corrected chi connectivity index (χ3v) is 5.00. The quantitative estimate of drug-likeness (QED) is 0.396. The number of fused-ring (bicyclic) bond motifs is 1. The fourth-order valence-corrected chi connectivity index (χ4v) is 3.45. The molecule has 0 aliphatic rings. The van der Waals surface area contributed by atoms with Crippen molar-refractivity contribution in [3.05, 3.63) is 84.4 Å². The Balaban J connectivity index is 1.80. The number of nitrogens with one attached hydrogen (secondary N) is 1. The molecule has 0 spiro atoms. The molecule has 3 aromatic carbocycles. The molecule has 0 bridgehead atoms. The number of phenolic OH excluding ortho intramolecular Hbond substituents is 1. The van der Waals surface area contributed by atoms with Gasteiger partial charge in [-0.25, -0.2) is 9.59 Å². The lowest BCUT2D eigenvalue weighted by Gasteiger charge is -2.26. The van der Waals surface area contributed by atoms with E-state index < -0.39 is 24.3 Å². The third-order valence-electron chi connectivity index (χ3n) is 5.00. The Kier molecular flexibility index (Phi) is 7.83. The van der Waals surface area contributed by atoms with E-state index in [1.807, 2.05) is 36.4 Å². The van der Waals surface area contributed by atoms with E-state index in [4.69, 9.17) is 14.6 Å². The number of aliphatic carboxylic acids is 1. The molecule has 3 aromatic rings. The maximum atomic E-state index is 12.8. The predicted octanol–water partition coefficient (Wildman–Crippen LogP) is 5.27. The van der Waals surface area contributed by atoms with Gasteiger partial charge in [-0.1, -0.05) is 54.6 Å². The summed E-state index contributed by atoms with van der Waals surface area (Å²) >= 11 is 0. The first-order valence-corrected chi connectivity index (χ1v) is 10.1. The van der Waals surface area contributed by atoms with Gasteiger partial charge in [0, 0.05) is 18.6 Å². The minimum Gasteiger partial charge on any atom is -0.508 e. The maximum absolute atomic E-state index is 12.8. The smallest absolute Gasteiger partial charge is 0.412 e. The van der Waals surface area contributed by atoms with Crippen molar-refractivity contribution in [2.45, 2.75) is 25.0 Å². The average molecular weight is 435 g/mol. The zero-order valence-electron chi connectivity index (χ0n) is 17.6. The maximum Gasteiger partial charge on any atom is 0.412 e. The van der Waals surface area contributed by atoms with Crippen molar-refractivity contribution in [1.29, 1.82) is 0 Å². The Morgan fingerprint density at radius 3 is 2.47 bits per heavy atom. The van der Waals surface area contributed by atoms with Gasteiger partial charge in [-0.2, -0.15) is 0 Å². The van der Waals surface area contributed by atoms with Crippen LogP contribution in [0, 0.1) is 0 Å². The Morgan fingerprint density at radius 2 is 1.75 bits per heavy atom. The highest BCUT2D eigenvalue weighted by atomic mass is 16.6. The van der Waals surface area contributed by atoms with Crippen molar-refractivity contribution < 1.29 is 29.3 Å². The number of carboxylic acids is 1. The standard InChI is InChI=1S/C25H25NO6/c1-31-22(11-4-5-12-23(28)29)24(18-13-15-19(27)16-14-18)32-25(30)26-21-10-6-8-17-7-2-3-9-20(17)21/h2-3,5-10,12-16,22,24,27H,4,11H2,1H3,(H,26,30)(H,28,29)/b12-5+/t22-,24-/m1/s1. The lowest BCUT2D eigenvalue weighted by Crippen LogP contribution is -2.28. The van der Waals surface area contributed by atoms with Crippen LogP contribution in [0.4, 0.5) is 10.5 Å². The summed E-state index contributed by atoms with van der Waals surface area (Å²) in [5.41, 5.74) is 1.26. The summed E-state index contributed by atoms with van der Waals surface area (Å²) in [5.74, 6) is -0.939. The summed E-state index contributed by atoms with van der Waals surface area (Å²) in [6.07, 6.45) is 1.49. The molecule has 0 aliphatic carbocycles. The zero-order valence-corrected chi connectivity index (χ0v) is 17.6. The van der Waals surface area contributed by atoms with E-state index in [-0.39, 0.29) is 5.75 Å². The number of benzene rings is 3. The van der Waals surface area contributed by atoms with Gasteiger partial charge >= 0.3 is 12.1 Å². The van der Waals surface area contributed by atoms with Crippen LogP contribution in [-0.2, 0) is 14.3 Å². The van der Waals surface area contributed by atoms with Crippen LogP contribution in [0.15, 0.2) is 78.9 Å². The Morgan fingerprint density at radius 1 is 1.03 bits per heavy atom. The van der Waals surface area contributed by atoms with Gasteiger partial charge in [0.25, 0.3) is 0 Å². The highest BCUT2D eigenvalue weighted by Crippen LogP contribution is 2.29. The topological polar surface area (TPSA) is 105 Å². The molecule has 32 heavy (non-hydrogen) atoms. The summed E-state index contributed by atoms with van der Waals surface area (Å²) in [6.45, 7) is 0. The van der Waals surface area contributed by atoms with Crippen LogP contribution in [0.2, 0.25) is 0 Å². The van der Waals surface area contributed by atoms with Crippen molar-refractivity contribution in [3.63, 3.8) is 0 Å². The zero-order chi connectivity index (χ0) is 22.9. The molecule has 2 atom stereocenters. The van der Waals surface area contributed by atoms with Crippen molar-refractivity contribution >= 4 is 28.5 Å². The normalized spacial score (nSPS) is 13.0. The van der Waals surface area contributed by atoms with Gasteiger partial charge in [0.1, 0.15) is 5.75 Å². The summed E-state index contributed by atoms with van der Waals surface area (Å²) in [6, 6.07) is 19.6. The molecule has 0 saturated carbocycles. The second-order valence-corrected chi connectivity index (χ2v) is 7.16. The van der Waals surface area contributed by atoms with Crippen LogP contribution in [0.25, 0.3) is 10.8 Å². The number of carbonyl (C=O) groups excluding carboxylic acids is 1. The van der Waals surface area contributed by atoms with Crippen LogP contribution < -0.4 is 5.32 Å². The highest BCUT2D eigenvalue weighted by Gasteiger charge is 2.27. The van der Waals surface area contributed by atoms with Crippen LogP contribution in [0.5, 0.6) is 5.75 Å². The van der Waals surface area contributed by atoms with Gasteiger partial charge in [0.15, 0.2) is 6.10 Å². The second kappa shape index (κ2) is 11.0. The minimum atomic E-state index is -1.03. The predicted molar refractivity (Wildman–Crippen MR) is 122 cm³/mol. The van der Waals surface area contributed by atoms with E-state index >= 15 is 0 Å². The van der Waals surface area contributed by atoms with Gasteiger partial charge in [-0.3, -0.25) is 5.32 Å². The number of carbonyl (C=O) groups is 2. The number of hydrogen-bond donors (Lipinski definition) is 3.